The second kappa shape index (κ2) is 5.93. The molecule has 5 heteroatoms. The van der Waals surface area contributed by atoms with Crippen LogP contribution in [0.1, 0.15) is 25.7 Å². The summed E-state index contributed by atoms with van der Waals surface area (Å²) in [6, 6.07) is 5.86. The van der Waals surface area contributed by atoms with Gasteiger partial charge in [0, 0.05) is 10.5 Å². The lowest BCUT2D eigenvalue weighted by Gasteiger charge is -2.28. The molecule has 0 spiro atoms. The van der Waals surface area contributed by atoms with Crippen molar-refractivity contribution >= 4 is 39.2 Å². The number of carboxylic acids is 1. The van der Waals surface area contributed by atoms with Crippen LogP contribution in [-0.2, 0) is 4.79 Å². The topological polar surface area (TPSA) is 49.3 Å². The van der Waals surface area contributed by atoms with Gasteiger partial charge in [0.2, 0.25) is 0 Å². The van der Waals surface area contributed by atoms with E-state index in [4.69, 9.17) is 16.7 Å². The maximum absolute atomic E-state index is 11.0. The molecule has 1 aromatic rings. The number of anilines is 1. The predicted molar refractivity (Wildman–Crippen MR) is 76.2 cm³/mol. The largest absolute Gasteiger partial charge is 0.481 e. The molecule has 1 aliphatic rings. The van der Waals surface area contributed by atoms with Crippen LogP contribution in [0.2, 0.25) is 5.02 Å². The Kier molecular flexibility index (Phi) is 4.51. The summed E-state index contributed by atoms with van der Waals surface area (Å²) in [5.41, 5.74) is 0.871. The van der Waals surface area contributed by atoms with Gasteiger partial charge >= 0.3 is 5.97 Å². The SMILES string of the molecule is O=C(O)C1CCCC(Nc2ccc(Br)cc2Cl)C1. The van der Waals surface area contributed by atoms with Crippen molar-refractivity contribution < 1.29 is 9.90 Å². The van der Waals surface area contributed by atoms with Crippen molar-refractivity contribution in [2.45, 2.75) is 31.7 Å². The van der Waals surface area contributed by atoms with E-state index in [2.05, 4.69) is 21.2 Å². The standard InChI is InChI=1S/C13H15BrClNO2/c14-9-4-5-12(11(15)7-9)16-10-3-1-2-8(6-10)13(17)18/h4-5,7-8,10,16H,1-3,6H2,(H,17,18). The number of hydrogen-bond acceptors (Lipinski definition) is 2. The number of nitrogens with one attached hydrogen (secondary N) is 1. The Balaban J connectivity index is 2.02. The van der Waals surface area contributed by atoms with Gasteiger partial charge in [-0.25, -0.2) is 0 Å². The molecule has 0 heterocycles. The molecule has 2 atom stereocenters. The molecule has 0 aromatic heterocycles. The van der Waals surface area contributed by atoms with Gasteiger partial charge < -0.3 is 10.4 Å². The van der Waals surface area contributed by atoms with Gasteiger partial charge in [0.1, 0.15) is 0 Å². The molecule has 2 rings (SSSR count). The van der Waals surface area contributed by atoms with Gasteiger partial charge in [-0.3, -0.25) is 4.79 Å². The molecule has 1 aromatic carbocycles. The molecule has 98 valence electrons. The first-order valence-corrected chi connectivity index (χ1v) is 7.18. The van der Waals surface area contributed by atoms with Crippen molar-refractivity contribution in [1.82, 2.24) is 0 Å². The second-order valence-corrected chi connectivity index (χ2v) is 5.99. The maximum Gasteiger partial charge on any atom is 0.306 e. The molecule has 0 amide bonds. The second-order valence-electron chi connectivity index (χ2n) is 4.67. The smallest absolute Gasteiger partial charge is 0.306 e. The minimum absolute atomic E-state index is 0.193. The molecule has 3 nitrogen and oxygen atoms in total. The van der Waals surface area contributed by atoms with Crippen LogP contribution in [0.4, 0.5) is 5.69 Å². The highest BCUT2D eigenvalue weighted by Gasteiger charge is 2.27. The van der Waals surface area contributed by atoms with Crippen molar-refractivity contribution in [1.29, 1.82) is 0 Å². The van der Waals surface area contributed by atoms with E-state index in [1.165, 1.54) is 0 Å². The summed E-state index contributed by atoms with van der Waals surface area (Å²) in [4.78, 5) is 11.0. The minimum Gasteiger partial charge on any atom is -0.481 e. The lowest BCUT2D eigenvalue weighted by Crippen LogP contribution is -2.31. The van der Waals surface area contributed by atoms with E-state index in [-0.39, 0.29) is 12.0 Å². The molecule has 1 saturated carbocycles. The van der Waals surface area contributed by atoms with Gasteiger partial charge in [-0.2, -0.15) is 0 Å². The third-order valence-corrected chi connectivity index (χ3v) is 4.12. The number of rotatable bonds is 3. The number of carbonyl (C=O) groups is 1. The fourth-order valence-corrected chi connectivity index (χ4v) is 3.10. The fourth-order valence-electron chi connectivity index (χ4n) is 2.37. The first-order valence-electron chi connectivity index (χ1n) is 6.00. The summed E-state index contributed by atoms with van der Waals surface area (Å²) in [6.45, 7) is 0. The number of carboxylic acid groups (broad SMARTS) is 1. The normalized spacial score (nSPS) is 23.7. The summed E-state index contributed by atoms with van der Waals surface area (Å²) in [5, 5.41) is 13.1. The Hall–Kier alpha value is -0.740. The van der Waals surface area contributed by atoms with Crippen LogP contribution in [-0.4, -0.2) is 17.1 Å². The molecule has 0 aliphatic heterocycles. The van der Waals surface area contributed by atoms with Crippen LogP contribution in [0.25, 0.3) is 0 Å². The highest BCUT2D eigenvalue weighted by atomic mass is 79.9. The van der Waals surface area contributed by atoms with E-state index in [1.807, 2.05) is 18.2 Å². The van der Waals surface area contributed by atoms with Crippen LogP contribution >= 0.6 is 27.5 Å². The molecular formula is C13H15BrClNO2. The van der Waals surface area contributed by atoms with Crippen molar-refractivity contribution in [3.63, 3.8) is 0 Å². The van der Waals surface area contributed by atoms with Crippen molar-refractivity contribution in [2.75, 3.05) is 5.32 Å². The summed E-state index contributed by atoms with van der Waals surface area (Å²) < 4.78 is 0.935. The van der Waals surface area contributed by atoms with Gasteiger partial charge in [-0.15, -0.1) is 0 Å². The van der Waals surface area contributed by atoms with Crippen LogP contribution < -0.4 is 5.32 Å². The van der Waals surface area contributed by atoms with Gasteiger partial charge in [0.25, 0.3) is 0 Å². The van der Waals surface area contributed by atoms with Gasteiger partial charge in [-0.05, 0) is 37.5 Å². The number of hydrogen-bond donors (Lipinski definition) is 2. The zero-order valence-electron chi connectivity index (χ0n) is 9.83. The van der Waals surface area contributed by atoms with E-state index < -0.39 is 5.97 Å². The summed E-state index contributed by atoms with van der Waals surface area (Å²) >= 11 is 9.50. The van der Waals surface area contributed by atoms with Crippen LogP contribution in [0.3, 0.4) is 0 Å². The van der Waals surface area contributed by atoms with Crippen molar-refractivity contribution in [3.8, 4) is 0 Å². The minimum atomic E-state index is -0.691. The zero-order chi connectivity index (χ0) is 13.1. The van der Waals surface area contributed by atoms with E-state index in [0.717, 1.165) is 29.4 Å². The maximum atomic E-state index is 11.0. The Labute approximate surface area is 120 Å². The highest BCUT2D eigenvalue weighted by molar-refractivity contribution is 9.10. The lowest BCUT2D eigenvalue weighted by atomic mass is 9.85. The predicted octanol–water partition coefficient (Wildman–Crippen LogP) is 4.16. The lowest BCUT2D eigenvalue weighted by molar-refractivity contribution is -0.142. The summed E-state index contributed by atoms with van der Waals surface area (Å²) in [6.07, 6.45) is 3.39. The van der Waals surface area contributed by atoms with E-state index >= 15 is 0 Å². The first kappa shape index (κ1) is 13.7. The van der Waals surface area contributed by atoms with Gasteiger partial charge in [-0.1, -0.05) is 34.0 Å². The van der Waals surface area contributed by atoms with E-state index in [9.17, 15) is 4.79 Å². The van der Waals surface area contributed by atoms with Crippen LogP contribution in [0.15, 0.2) is 22.7 Å². The number of benzene rings is 1. The average Bonchev–Trinajstić information content (AvgIpc) is 2.33. The summed E-state index contributed by atoms with van der Waals surface area (Å²) in [5.74, 6) is -0.922. The van der Waals surface area contributed by atoms with Gasteiger partial charge in [0.15, 0.2) is 0 Å². The van der Waals surface area contributed by atoms with Gasteiger partial charge in [0.05, 0.1) is 16.6 Å². The molecule has 2 N–H and O–H groups in total. The number of aliphatic carboxylic acids is 1. The Morgan fingerprint density at radius 3 is 2.89 bits per heavy atom. The molecule has 0 bridgehead atoms. The van der Waals surface area contributed by atoms with E-state index in [1.54, 1.807) is 0 Å². The van der Waals surface area contributed by atoms with Crippen molar-refractivity contribution in [3.05, 3.63) is 27.7 Å². The van der Waals surface area contributed by atoms with E-state index in [0.29, 0.717) is 11.4 Å². The highest BCUT2D eigenvalue weighted by Crippen LogP contribution is 2.31. The third kappa shape index (κ3) is 3.39. The molecule has 1 aliphatic carbocycles. The van der Waals surface area contributed by atoms with Crippen molar-refractivity contribution in [2.24, 2.45) is 5.92 Å². The number of halogens is 2. The zero-order valence-corrected chi connectivity index (χ0v) is 12.2. The molecule has 2 unspecified atom stereocenters. The Bertz CT molecular complexity index is 453. The molecule has 1 fully saturated rings. The molecular weight excluding hydrogens is 318 g/mol. The monoisotopic (exact) mass is 331 g/mol. The fraction of sp³-hybridized carbons (Fsp3) is 0.462. The molecule has 0 saturated heterocycles. The quantitative estimate of drug-likeness (QED) is 0.874. The first-order chi connectivity index (χ1) is 8.56. The Morgan fingerprint density at radius 2 is 2.22 bits per heavy atom. The Morgan fingerprint density at radius 1 is 1.44 bits per heavy atom. The van der Waals surface area contributed by atoms with Crippen LogP contribution in [0.5, 0.6) is 0 Å². The molecule has 18 heavy (non-hydrogen) atoms. The summed E-state index contributed by atoms with van der Waals surface area (Å²) in [7, 11) is 0. The average molecular weight is 333 g/mol. The van der Waals surface area contributed by atoms with Crippen LogP contribution in [0, 0.1) is 5.92 Å². The molecule has 0 radical (unpaired) electrons. The third-order valence-electron chi connectivity index (χ3n) is 3.31.